The van der Waals surface area contributed by atoms with Crippen LogP contribution >= 0.6 is 15.2 Å². The largest absolute Gasteiger partial charge is 0.412 e. The normalized spacial score (nSPS) is 12.3. The quantitative estimate of drug-likeness (QED) is 0.389. The molecule has 1 heterocycles. The second kappa shape index (κ2) is 6.67. The van der Waals surface area contributed by atoms with Crippen molar-refractivity contribution < 1.29 is 44.8 Å². The molecular weight excluding hydrogens is 304 g/mol. The van der Waals surface area contributed by atoms with Crippen LogP contribution < -0.4 is 0 Å². The molecule has 9 N–H and O–H groups in total. The Bertz CT molecular complexity index is 459. The zero-order valence-electron chi connectivity index (χ0n) is 9.41. The lowest BCUT2D eigenvalue weighted by molar-refractivity contribution is 0.131. The van der Waals surface area contributed by atoms with Crippen molar-refractivity contribution in [2.45, 2.75) is 11.5 Å². The van der Waals surface area contributed by atoms with Crippen LogP contribution in [0.1, 0.15) is 5.56 Å². The zero-order chi connectivity index (χ0) is 13.3. The average molecular weight is 319 g/mol. The van der Waals surface area contributed by atoms with Gasteiger partial charge in [-0.2, -0.15) is 0 Å². The lowest BCUT2D eigenvalue weighted by Gasteiger charge is -2.29. The fourth-order valence-corrected chi connectivity index (χ4v) is 3.29. The van der Waals surface area contributed by atoms with Gasteiger partial charge in [0, 0.05) is 18.8 Å². The Balaban J connectivity index is 0. The predicted octanol–water partition coefficient (Wildman–Crippen LogP) is -2.02. The third-order valence-electron chi connectivity index (χ3n) is 2.10. The van der Waals surface area contributed by atoms with Gasteiger partial charge in [-0.05, 0) is 11.6 Å². The number of hydrogen-bond acceptors (Lipinski definition) is 4. The van der Waals surface area contributed by atoms with Gasteiger partial charge in [-0.25, -0.2) is 0 Å². The predicted molar refractivity (Wildman–Crippen MR) is 64.2 cm³/mol. The summed E-state index contributed by atoms with van der Waals surface area (Å²) in [6.07, 6.45) is 1.63. The summed E-state index contributed by atoms with van der Waals surface area (Å²) in [5.74, 6) is 0. The Morgan fingerprint density at radius 2 is 1.58 bits per heavy atom. The van der Waals surface area contributed by atoms with Gasteiger partial charge >= 0.3 is 15.2 Å². The number of pyridine rings is 1. The van der Waals surface area contributed by atoms with Crippen molar-refractivity contribution >= 4 is 15.2 Å². The highest BCUT2D eigenvalue weighted by atomic mass is 31.2. The molecule has 0 saturated heterocycles. The molecule has 0 atom stereocenters. The van der Waals surface area contributed by atoms with Crippen molar-refractivity contribution in [3.05, 3.63) is 30.1 Å². The van der Waals surface area contributed by atoms with Crippen molar-refractivity contribution in [1.82, 2.24) is 4.98 Å². The minimum Gasteiger partial charge on any atom is -0.412 e. The minimum absolute atomic E-state index is 0. The van der Waals surface area contributed by atoms with Gasteiger partial charge in [0.1, 0.15) is 0 Å². The highest BCUT2D eigenvalue weighted by molar-refractivity contribution is 7.72. The van der Waals surface area contributed by atoms with Crippen LogP contribution in [0.2, 0.25) is 0 Å². The van der Waals surface area contributed by atoms with E-state index >= 15 is 0 Å². The molecule has 0 aromatic carbocycles. The molecule has 0 aliphatic heterocycles. The van der Waals surface area contributed by atoms with Gasteiger partial charge in [0.2, 0.25) is 0 Å². The topological polar surface area (TPSA) is 211 Å². The molecule has 10 nitrogen and oxygen atoms in total. The molecule has 0 aliphatic rings. The summed E-state index contributed by atoms with van der Waals surface area (Å²) in [6, 6.07) is 2.75. The highest BCUT2D eigenvalue weighted by Crippen LogP contribution is 2.68. The van der Waals surface area contributed by atoms with Crippen LogP contribution in [0.3, 0.4) is 0 Å². The first-order chi connectivity index (χ1) is 7.58. The van der Waals surface area contributed by atoms with E-state index in [0.29, 0.717) is 0 Å². The van der Waals surface area contributed by atoms with Crippen LogP contribution in [-0.2, 0) is 15.6 Å². The summed E-state index contributed by atoms with van der Waals surface area (Å²) in [4.78, 5) is 39.1. The van der Waals surface area contributed by atoms with Crippen molar-refractivity contribution in [3.63, 3.8) is 0 Å². The second-order valence-corrected chi connectivity index (χ2v) is 7.41. The maximum absolute atomic E-state index is 11.0. The first kappa shape index (κ1) is 20.6. The Morgan fingerprint density at radius 1 is 1.11 bits per heavy atom. The van der Waals surface area contributed by atoms with Crippen LogP contribution in [-0.4, -0.2) is 45.7 Å². The van der Waals surface area contributed by atoms with E-state index < -0.39 is 26.7 Å². The molecule has 0 spiro atoms. The second-order valence-electron chi connectivity index (χ2n) is 3.40. The van der Waals surface area contributed by atoms with Gasteiger partial charge in [-0.15, -0.1) is 0 Å². The van der Waals surface area contributed by atoms with E-state index in [0.717, 1.165) is 6.20 Å². The molecule has 1 rings (SSSR count). The zero-order valence-corrected chi connectivity index (χ0v) is 11.2. The third-order valence-corrected chi connectivity index (χ3v) is 5.84. The summed E-state index contributed by atoms with van der Waals surface area (Å²) in [5.41, 5.74) is 0.0988. The van der Waals surface area contributed by atoms with Gasteiger partial charge < -0.3 is 35.6 Å². The van der Waals surface area contributed by atoms with Gasteiger partial charge in [0.15, 0.2) is 0 Å². The number of rotatable bonds is 4. The maximum Gasteiger partial charge on any atom is 0.369 e. The lowest BCUT2D eigenvalue weighted by Crippen LogP contribution is -2.31. The van der Waals surface area contributed by atoms with Crippen molar-refractivity contribution in [3.8, 4) is 0 Å². The van der Waals surface area contributed by atoms with Gasteiger partial charge in [0.25, 0.3) is 5.08 Å². The Hall–Kier alpha value is -0.670. The summed E-state index contributed by atoms with van der Waals surface area (Å²) >= 11 is 0. The van der Waals surface area contributed by atoms with E-state index in [2.05, 4.69) is 4.98 Å². The van der Waals surface area contributed by atoms with Crippen molar-refractivity contribution in [2.75, 3.05) is 0 Å². The standard InChI is InChI=1S/C7H11NO7P2.2H2O/c9-7(16(10,11)12,17(13,14)15)4-6-2-1-3-8-5-6;;/h1-3,5,9H,4H2,(H2,10,11,12)(H2,13,14,15);2*1H2. The van der Waals surface area contributed by atoms with E-state index in [4.69, 9.17) is 19.6 Å². The Morgan fingerprint density at radius 3 is 1.89 bits per heavy atom. The first-order valence-corrected chi connectivity index (χ1v) is 7.53. The van der Waals surface area contributed by atoms with Crippen LogP contribution in [0.25, 0.3) is 0 Å². The van der Waals surface area contributed by atoms with Crippen molar-refractivity contribution in [2.24, 2.45) is 0 Å². The fourth-order valence-electron chi connectivity index (χ4n) is 1.15. The third kappa shape index (κ3) is 4.43. The molecule has 0 radical (unpaired) electrons. The molecule has 0 saturated carbocycles. The lowest BCUT2D eigenvalue weighted by atomic mass is 10.2. The minimum atomic E-state index is -5.41. The molecule has 0 bridgehead atoms. The maximum atomic E-state index is 11.0. The van der Waals surface area contributed by atoms with E-state index in [-0.39, 0.29) is 16.5 Å². The number of aliphatic hydroxyl groups is 1. The first-order valence-electron chi connectivity index (χ1n) is 4.30. The smallest absolute Gasteiger partial charge is 0.369 e. The summed E-state index contributed by atoms with van der Waals surface area (Å²) in [5, 5.41) is 6.16. The number of nitrogens with zero attached hydrogens (tertiary/aromatic N) is 1. The summed E-state index contributed by atoms with van der Waals surface area (Å²) in [7, 11) is -10.8. The average Bonchev–Trinajstić information content (AvgIpc) is 2.15. The van der Waals surface area contributed by atoms with Crippen LogP contribution in [0.5, 0.6) is 0 Å². The van der Waals surface area contributed by atoms with Crippen molar-refractivity contribution in [1.29, 1.82) is 0 Å². The summed E-state index contributed by atoms with van der Waals surface area (Å²) in [6.45, 7) is 0. The molecule has 0 aliphatic carbocycles. The van der Waals surface area contributed by atoms with Gasteiger partial charge in [0.05, 0.1) is 0 Å². The highest BCUT2D eigenvalue weighted by Gasteiger charge is 2.59. The Labute approximate surface area is 107 Å². The molecule has 0 fully saturated rings. The van der Waals surface area contributed by atoms with E-state index in [1.165, 1.54) is 18.3 Å². The number of hydrogen-bond donors (Lipinski definition) is 5. The van der Waals surface area contributed by atoms with Crippen LogP contribution in [0.4, 0.5) is 0 Å². The molecule has 112 valence electrons. The van der Waals surface area contributed by atoms with Gasteiger partial charge in [-0.3, -0.25) is 14.1 Å². The van der Waals surface area contributed by atoms with E-state index in [1.807, 2.05) is 0 Å². The van der Waals surface area contributed by atoms with E-state index in [1.54, 1.807) is 0 Å². The van der Waals surface area contributed by atoms with Gasteiger partial charge in [-0.1, -0.05) is 6.07 Å². The summed E-state index contributed by atoms with van der Waals surface area (Å²) < 4.78 is 22.1. The SMILES string of the molecule is O.O.O=P(O)(O)C(O)(Cc1cccnc1)P(=O)(O)O. The van der Waals surface area contributed by atoms with E-state index in [9.17, 15) is 14.2 Å². The molecule has 0 amide bonds. The molecule has 1 aromatic heterocycles. The fraction of sp³-hybridized carbons (Fsp3) is 0.286. The molecule has 12 heteroatoms. The number of aromatic nitrogens is 1. The monoisotopic (exact) mass is 319 g/mol. The molecular formula is C7H15NO9P2. The Kier molecular flexibility index (Phi) is 7.24. The van der Waals surface area contributed by atoms with Crippen LogP contribution in [0, 0.1) is 0 Å². The molecule has 0 unspecified atom stereocenters. The van der Waals surface area contributed by atoms with Crippen LogP contribution in [0.15, 0.2) is 24.5 Å². The molecule has 19 heavy (non-hydrogen) atoms. The molecule has 1 aromatic rings.